The van der Waals surface area contributed by atoms with Gasteiger partial charge < -0.3 is 9.92 Å². The summed E-state index contributed by atoms with van der Waals surface area (Å²) in [7, 11) is 2.04. The number of aliphatic hydroxyl groups excluding tert-OH is 1. The summed E-state index contributed by atoms with van der Waals surface area (Å²) in [6, 6.07) is 0. The highest BCUT2D eigenvalue weighted by molar-refractivity contribution is 6.04. The molecule has 1 N–H and O–H groups in total. The molecule has 0 spiro atoms. The molecule has 0 aromatic rings. The molecule has 0 atom stereocenters. The van der Waals surface area contributed by atoms with Crippen LogP contribution in [0.4, 0.5) is 0 Å². The summed E-state index contributed by atoms with van der Waals surface area (Å²) in [5.41, 5.74) is 0. The molecule has 0 bridgehead atoms. The molecule has 1 rings (SSSR count). The molecule has 1 aliphatic heterocycles. The van der Waals surface area contributed by atoms with Gasteiger partial charge in [-0.15, -0.1) is 0 Å². The summed E-state index contributed by atoms with van der Waals surface area (Å²) in [6.45, 7) is 1.88. The molecule has 3 heteroatoms. The highest BCUT2D eigenvalue weighted by Crippen LogP contribution is 2.03. The van der Waals surface area contributed by atoms with Crippen molar-refractivity contribution >= 4 is 7.98 Å². The van der Waals surface area contributed by atoms with Gasteiger partial charge in [0.2, 0.25) is 0 Å². The smallest absolute Gasteiger partial charge is 0.185 e. The van der Waals surface area contributed by atoms with Crippen LogP contribution in [0.3, 0.4) is 0 Å². The van der Waals surface area contributed by atoms with Crippen molar-refractivity contribution < 1.29 is 5.11 Å². The van der Waals surface area contributed by atoms with Gasteiger partial charge in [-0.2, -0.15) is 0 Å². The van der Waals surface area contributed by atoms with Gasteiger partial charge in [0.15, 0.2) is 7.98 Å². The number of hydrogen-bond donors (Lipinski definition) is 1. The second kappa shape index (κ2) is 2.22. The van der Waals surface area contributed by atoms with E-state index in [1.165, 1.54) is 0 Å². The molecule has 0 aliphatic carbocycles. The van der Waals surface area contributed by atoms with Crippen LogP contribution < -0.4 is 0 Å². The molecule has 0 saturated heterocycles. The predicted octanol–water partition coefficient (Wildman–Crippen LogP) is -0.318. The lowest BCUT2D eigenvalue weighted by Crippen LogP contribution is -2.25. The fourth-order valence-electron chi connectivity index (χ4n) is 0.760. The summed E-state index contributed by atoms with van der Waals surface area (Å²) < 4.78 is 0. The first kappa shape index (κ1) is 5.70. The van der Waals surface area contributed by atoms with Crippen LogP contribution in [-0.4, -0.2) is 31.0 Å². The molecule has 0 aromatic carbocycles. The van der Waals surface area contributed by atoms with Crippen LogP contribution in [0.25, 0.3) is 0 Å². The van der Waals surface area contributed by atoms with E-state index in [9.17, 15) is 0 Å². The van der Waals surface area contributed by atoms with E-state index in [1.807, 2.05) is 14.1 Å². The van der Waals surface area contributed by atoms with Crippen molar-refractivity contribution in [2.24, 2.45) is 0 Å². The van der Waals surface area contributed by atoms with Crippen molar-refractivity contribution in [3.8, 4) is 0 Å². The van der Waals surface area contributed by atoms with E-state index >= 15 is 0 Å². The van der Waals surface area contributed by atoms with Crippen LogP contribution in [0.1, 0.15) is 6.42 Å². The number of hydrogen-bond acceptors (Lipinski definition) is 2. The average molecular weight is 111 g/mol. The lowest BCUT2D eigenvalue weighted by molar-refractivity contribution is 0.340. The first-order chi connectivity index (χ1) is 3.79. The van der Waals surface area contributed by atoms with Gasteiger partial charge in [0, 0.05) is 13.0 Å². The van der Waals surface area contributed by atoms with E-state index in [4.69, 9.17) is 5.11 Å². The minimum absolute atomic E-state index is 0.545. The molecule has 0 saturated carbocycles. The Morgan fingerprint density at radius 1 is 1.75 bits per heavy atom. The van der Waals surface area contributed by atoms with Crippen molar-refractivity contribution in [2.45, 2.75) is 6.42 Å². The Morgan fingerprint density at radius 2 is 2.50 bits per heavy atom. The summed E-state index contributed by atoms with van der Waals surface area (Å²) in [6.07, 6.45) is 2.67. The number of nitrogens with zero attached hydrogens (tertiary/aromatic N) is 1. The Bertz CT molecular complexity index is 113. The molecule has 0 unspecified atom stereocenters. The molecule has 44 valence electrons. The first-order valence-corrected chi connectivity index (χ1v) is 2.85. The Morgan fingerprint density at radius 3 is 2.88 bits per heavy atom. The maximum Gasteiger partial charge on any atom is 0.185 e. The van der Waals surface area contributed by atoms with Gasteiger partial charge in [0.1, 0.15) is 0 Å². The van der Waals surface area contributed by atoms with E-state index < -0.39 is 0 Å². The zero-order chi connectivity index (χ0) is 5.98. The summed E-state index contributed by atoms with van der Waals surface area (Å²) in [4.78, 5) is 2.17. The van der Waals surface area contributed by atoms with Crippen LogP contribution in [0.2, 0.25) is 0 Å². The number of aliphatic hydroxyl groups is 1. The molecule has 0 amide bonds. The van der Waals surface area contributed by atoms with E-state index in [0.717, 1.165) is 19.5 Å². The third kappa shape index (κ3) is 1.27. The first-order valence-electron chi connectivity index (χ1n) is 2.85. The van der Waals surface area contributed by atoms with Crippen LogP contribution >= 0.6 is 0 Å². The van der Waals surface area contributed by atoms with Crippen molar-refractivity contribution in [2.75, 3.05) is 13.1 Å². The molecule has 1 heterocycles. The fourth-order valence-corrected chi connectivity index (χ4v) is 0.760. The second-order valence-electron chi connectivity index (χ2n) is 2.21. The largest absolute Gasteiger partial charge is 0.513 e. The zero-order valence-electron chi connectivity index (χ0n) is 5.09. The Kier molecular flexibility index (Phi) is 1.58. The molecule has 1 aliphatic rings. The van der Waals surface area contributed by atoms with Crippen LogP contribution in [0.15, 0.2) is 11.8 Å². The second-order valence-corrected chi connectivity index (χ2v) is 2.21. The van der Waals surface area contributed by atoms with E-state index in [2.05, 4.69) is 4.81 Å². The Balaban J connectivity index is 2.42. The van der Waals surface area contributed by atoms with E-state index in [-0.39, 0.29) is 0 Å². The summed E-state index contributed by atoms with van der Waals surface area (Å²) in [5.74, 6) is 0.545. The third-order valence-electron chi connectivity index (χ3n) is 1.39. The quantitative estimate of drug-likeness (QED) is 0.433. The lowest BCUT2D eigenvalue weighted by Gasteiger charge is -2.18. The van der Waals surface area contributed by atoms with E-state index in [0.29, 0.717) is 5.76 Å². The van der Waals surface area contributed by atoms with Gasteiger partial charge in [-0.05, 0) is 12.6 Å². The van der Waals surface area contributed by atoms with Crippen molar-refractivity contribution in [1.82, 2.24) is 4.81 Å². The van der Waals surface area contributed by atoms with Crippen molar-refractivity contribution in [1.29, 1.82) is 0 Å². The Labute approximate surface area is 50.2 Å². The van der Waals surface area contributed by atoms with Crippen molar-refractivity contribution in [3.63, 3.8) is 0 Å². The minimum atomic E-state index is 0.545. The van der Waals surface area contributed by atoms with E-state index in [1.54, 1.807) is 0 Å². The fraction of sp³-hybridized carbons (Fsp3) is 0.600. The van der Waals surface area contributed by atoms with Gasteiger partial charge in [-0.3, -0.25) is 0 Å². The minimum Gasteiger partial charge on any atom is -0.513 e. The van der Waals surface area contributed by atoms with Gasteiger partial charge in [-0.1, -0.05) is 0 Å². The van der Waals surface area contributed by atoms with Gasteiger partial charge in [-0.25, -0.2) is 0 Å². The summed E-state index contributed by atoms with van der Waals surface area (Å²) in [5, 5.41) is 8.86. The van der Waals surface area contributed by atoms with Crippen LogP contribution in [0, 0.1) is 0 Å². The molecule has 2 nitrogen and oxygen atoms in total. The van der Waals surface area contributed by atoms with Gasteiger partial charge in [0.25, 0.3) is 0 Å². The lowest BCUT2D eigenvalue weighted by atomic mass is 10.1. The van der Waals surface area contributed by atoms with Gasteiger partial charge in [0.05, 0.1) is 5.76 Å². The highest BCUT2D eigenvalue weighted by Gasteiger charge is 2.03. The molecular weight excluding hydrogens is 101 g/mol. The zero-order valence-corrected chi connectivity index (χ0v) is 5.09. The molecular formula is C5H10BNO. The summed E-state index contributed by atoms with van der Waals surface area (Å²) >= 11 is 0. The normalized spacial score (nSPS) is 22.8. The van der Waals surface area contributed by atoms with Crippen LogP contribution in [-0.2, 0) is 0 Å². The Hall–Kier alpha value is -0.435. The molecule has 0 fully saturated rings. The SMILES string of the molecule is BN1CC=C(O)CC1. The number of rotatable bonds is 0. The maximum absolute atomic E-state index is 8.86. The van der Waals surface area contributed by atoms with Crippen LogP contribution in [0.5, 0.6) is 0 Å². The standard InChI is InChI=1S/C5H10BNO/c6-7-3-1-5(8)2-4-7/h1,8H,2-4,6H2. The van der Waals surface area contributed by atoms with Crippen molar-refractivity contribution in [3.05, 3.63) is 11.8 Å². The monoisotopic (exact) mass is 111 g/mol. The maximum atomic E-state index is 8.86. The molecule has 0 aromatic heterocycles. The molecule has 8 heavy (non-hydrogen) atoms. The van der Waals surface area contributed by atoms with Gasteiger partial charge >= 0.3 is 0 Å². The third-order valence-corrected chi connectivity index (χ3v) is 1.39. The molecule has 0 radical (unpaired) electrons. The topological polar surface area (TPSA) is 23.5 Å². The highest BCUT2D eigenvalue weighted by atomic mass is 16.3. The predicted molar refractivity (Wildman–Crippen MR) is 35.4 cm³/mol. The average Bonchev–Trinajstić information content (AvgIpc) is 1.77.